The zero-order chi connectivity index (χ0) is 28.5. The van der Waals surface area contributed by atoms with Crippen LogP contribution in [-0.4, -0.2) is 95.3 Å². The Kier molecular flexibility index (Phi) is 17.7. The highest BCUT2D eigenvalue weighted by molar-refractivity contribution is 8.12. The Morgan fingerprint density at radius 2 is 1.49 bits per heavy atom. The molecule has 0 aliphatic carbocycles. The molecule has 18 heteroatoms. The molecule has 0 saturated heterocycles. The van der Waals surface area contributed by atoms with E-state index in [2.05, 4.69) is 0 Å². The number of carbonyl (C=O) groups excluding carboxylic acids is 3. The van der Waals surface area contributed by atoms with Crippen molar-refractivity contribution in [3.63, 3.8) is 0 Å². The molecule has 0 radical (unpaired) electrons. The monoisotopic (exact) mass is 618 g/mol. The Bertz CT molecular complexity index is 927. The summed E-state index contributed by atoms with van der Waals surface area (Å²) in [5, 5.41) is -0.536. The number of thioether (sulfide) groups is 2. The first-order valence-electron chi connectivity index (χ1n) is 10.9. The summed E-state index contributed by atoms with van der Waals surface area (Å²) >= 11 is 2.68. The number of rotatable bonds is 21. The molecule has 0 spiro atoms. The predicted octanol–water partition coefficient (Wildman–Crippen LogP) is 2.65. The largest absolute Gasteiger partial charge is 0.480 e. The summed E-state index contributed by atoms with van der Waals surface area (Å²) in [7, 11) is -9.51. The van der Waals surface area contributed by atoms with E-state index in [1.165, 1.54) is 30.4 Å². The van der Waals surface area contributed by atoms with Gasteiger partial charge in [-0.15, -0.1) is 11.8 Å². The topological polar surface area (TPSA) is 161 Å². The number of ether oxygens (including phenoxy) is 3. The first-order chi connectivity index (χ1) is 17.1. The minimum atomic E-state index is -6.17. The van der Waals surface area contributed by atoms with Crippen molar-refractivity contribution < 1.29 is 58.6 Å². The first-order valence-corrected chi connectivity index (χ1v) is 16.1. The van der Waals surface area contributed by atoms with Crippen LogP contribution in [-0.2, 0) is 48.6 Å². The van der Waals surface area contributed by atoms with Crippen LogP contribution in [0.3, 0.4) is 0 Å². The molecule has 0 fully saturated rings. The van der Waals surface area contributed by atoms with Crippen molar-refractivity contribution in [3.8, 4) is 0 Å². The lowest BCUT2D eigenvalue weighted by Gasteiger charge is -2.21. The third-order valence-corrected chi connectivity index (χ3v) is 9.79. The van der Waals surface area contributed by atoms with Gasteiger partial charge in [-0.3, -0.25) is 14.4 Å². The molecule has 0 rings (SSSR count). The highest BCUT2D eigenvalue weighted by Gasteiger charge is 2.40. The molecule has 0 aromatic carbocycles. The number of esters is 2. The van der Waals surface area contributed by atoms with Gasteiger partial charge in [0, 0.05) is 36.7 Å². The van der Waals surface area contributed by atoms with E-state index in [-0.39, 0.29) is 25.2 Å². The van der Waals surface area contributed by atoms with Crippen molar-refractivity contribution in [2.45, 2.75) is 49.8 Å². The van der Waals surface area contributed by atoms with Gasteiger partial charge in [-0.25, -0.2) is 16.8 Å². The average Bonchev–Trinajstić information content (AvgIpc) is 2.76. The summed E-state index contributed by atoms with van der Waals surface area (Å²) in [6.07, 6.45) is 0.927. The Morgan fingerprint density at radius 1 is 0.892 bits per heavy atom. The lowest BCUT2D eigenvalue weighted by atomic mass is 10.2. The third-order valence-electron chi connectivity index (χ3n) is 4.12. The standard InChI is InChI=1S/C19H31F3NO10S4/c1-15(24)16(14-18(26)33-8-4-3-7-31-2)35-12-11-34-10-6-17(25)32-9-5-13-36(27,28)23-37(29,30)19(20,21)22/h16H,3-14H2,1-2H3/q-1. The number of methoxy groups -OCH3 is 1. The minimum Gasteiger partial charge on any atom is -0.466 e. The molecule has 0 aromatic heterocycles. The van der Waals surface area contributed by atoms with E-state index in [1.807, 2.05) is 4.13 Å². The van der Waals surface area contributed by atoms with Gasteiger partial charge < -0.3 is 18.3 Å². The smallest absolute Gasteiger partial charge is 0.466 e. The Balaban J connectivity index is 4.04. The van der Waals surface area contributed by atoms with Gasteiger partial charge in [0.15, 0.2) is 10.0 Å². The van der Waals surface area contributed by atoms with Crippen LogP contribution in [0, 0.1) is 0 Å². The van der Waals surface area contributed by atoms with E-state index in [4.69, 9.17) is 14.2 Å². The van der Waals surface area contributed by atoms with Crippen molar-refractivity contribution in [2.75, 3.05) is 49.9 Å². The second-order valence-electron chi connectivity index (χ2n) is 7.31. The Hall–Kier alpha value is -1.08. The fourth-order valence-electron chi connectivity index (χ4n) is 2.30. The lowest BCUT2D eigenvalue weighted by molar-refractivity contribution is -0.145. The summed E-state index contributed by atoms with van der Waals surface area (Å²) < 4.78 is 97.6. The van der Waals surface area contributed by atoms with Crippen LogP contribution in [0.25, 0.3) is 4.13 Å². The lowest BCUT2D eigenvalue weighted by Crippen LogP contribution is -2.25. The summed E-state index contributed by atoms with van der Waals surface area (Å²) in [6, 6.07) is 0. The summed E-state index contributed by atoms with van der Waals surface area (Å²) in [5.41, 5.74) is -5.83. The van der Waals surface area contributed by atoms with Crippen molar-refractivity contribution in [3.05, 3.63) is 4.13 Å². The average molecular weight is 619 g/mol. The molecule has 1 unspecified atom stereocenters. The molecule has 218 valence electrons. The van der Waals surface area contributed by atoms with Gasteiger partial charge in [-0.05, 0) is 26.2 Å². The number of alkyl halides is 3. The van der Waals surface area contributed by atoms with E-state index < -0.39 is 61.5 Å². The zero-order valence-corrected chi connectivity index (χ0v) is 23.6. The number of nitrogens with zero attached hydrogens (tertiary/aromatic N) is 1. The molecule has 0 saturated carbocycles. The van der Waals surface area contributed by atoms with Crippen molar-refractivity contribution in [2.24, 2.45) is 0 Å². The third kappa shape index (κ3) is 17.9. The molecule has 11 nitrogen and oxygen atoms in total. The number of unbranched alkanes of at least 4 members (excludes halogenated alkanes) is 1. The fourth-order valence-corrected chi connectivity index (χ4v) is 6.76. The second kappa shape index (κ2) is 18.3. The number of halogens is 3. The van der Waals surface area contributed by atoms with Crippen LogP contribution in [0.4, 0.5) is 13.2 Å². The minimum absolute atomic E-state index is 0.0273. The van der Waals surface area contributed by atoms with Crippen molar-refractivity contribution >= 4 is 61.3 Å². The number of carbonyl (C=O) groups is 3. The van der Waals surface area contributed by atoms with Gasteiger partial charge in [-0.2, -0.15) is 24.9 Å². The number of hydrogen-bond donors (Lipinski definition) is 0. The van der Waals surface area contributed by atoms with E-state index in [1.54, 1.807) is 7.11 Å². The summed E-state index contributed by atoms with van der Waals surface area (Å²) in [5.74, 6) is -0.864. The number of sulfonamides is 2. The van der Waals surface area contributed by atoms with Crippen LogP contribution in [0.2, 0.25) is 0 Å². The van der Waals surface area contributed by atoms with Gasteiger partial charge in [0.05, 0.1) is 41.3 Å². The highest BCUT2D eigenvalue weighted by atomic mass is 32.3. The molecule has 0 N–H and O–H groups in total. The first kappa shape index (κ1) is 35.9. The predicted molar refractivity (Wildman–Crippen MR) is 133 cm³/mol. The summed E-state index contributed by atoms with van der Waals surface area (Å²) in [6.45, 7) is 1.78. The van der Waals surface area contributed by atoms with Crippen LogP contribution in [0.5, 0.6) is 0 Å². The van der Waals surface area contributed by atoms with E-state index in [9.17, 15) is 44.4 Å². The van der Waals surface area contributed by atoms with Gasteiger partial charge in [0.1, 0.15) is 5.78 Å². The molecule has 37 heavy (non-hydrogen) atoms. The molecule has 1 atom stereocenters. The van der Waals surface area contributed by atoms with Crippen molar-refractivity contribution in [1.29, 1.82) is 0 Å². The molecule has 0 aliphatic heterocycles. The van der Waals surface area contributed by atoms with Crippen LogP contribution < -0.4 is 0 Å². The summed E-state index contributed by atoms with van der Waals surface area (Å²) in [4.78, 5) is 35.3. The van der Waals surface area contributed by atoms with Gasteiger partial charge >= 0.3 is 17.4 Å². The molecule has 0 aliphatic rings. The number of hydrogen-bond acceptors (Lipinski definition) is 12. The van der Waals surface area contributed by atoms with Gasteiger partial charge in [0.2, 0.25) is 0 Å². The molecule has 0 aromatic rings. The van der Waals surface area contributed by atoms with Gasteiger partial charge in [-0.1, -0.05) is 0 Å². The fraction of sp³-hybridized carbons (Fsp3) is 0.842. The maximum absolute atomic E-state index is 12.2. The second-order valence-corrected chi connectivity index (χ2v) is 13.4. The Morgan fingerprint density at radius 3 is 2.08 bits per heavy atom. The van der Waals surface area contributed by atoms with Gasteiger partial charge in [0.25, 0.3) is 0 Å². The maximum Gasteiger partial charge on any atom is 0.480 e. The Labute approximate surface area is 223 Å². The molecule has 0 amide bonds. The molecule has 0 bridgehead atoms. The van der Waals surface area contributed by atoms with Crippen LogP contribution in [0.15, 0.2) is 0 Å². The normalized spacial score (nSPS) is 13.2. The van der Waals surface area contributed by atoms with E-state index in [0.717, 1.165) is 6.42 Å². The van der Waals surface area contributed by atoms with Crippen LogP contribution >= 0.6 is 23.5 Å². The number of Topliss-reactive ketones (excluding diaryl/α,β-unsaturated/α-hetero) is 1. The molecule has 0 heterocycles. The van der Waals surface area contributed by atoms with Crippen molar-refractivity contribution in [1.82, 2.24) is 0 Å². The SMILES string of the molecule is COCCCCOC(=O)CC(SCCSCCC(=O)OCCCS(=O)(=O)[N-]S(=O)(=O)C(F)(F)F)C(C)=O. The zero-order valence-electron chi connectivity index (χ0n) is 20.4. The maximum atomic E-state index is 12.2. The van der Waals surface area contributed by atoms with E-state index >= 15 is 0 Å². The number of ketones is 1. The molecular formula is C19H31F3NO10S4-. The highest BCUT2D eigenvalue weighted by Crippen LogP contribution is 2.30. The quantitative estimate of drug-likeness (QED) is 0.137. The molecular weight excluding hydrogens is 587 g/mol. The van der Waals surface area contributed by atoms with E-state index in [0.29, 0.717) is 30.3 Å². The van der Waals surface area contributed by atoms with Crippen LogP contribution in [0.1, 0.15) is 39.0 Å².